The average molecular weight is 271 g/mol. The summed E-state index contributed by atoms with van der Waals surface area (Å²) in [5.41, 5.74) is 17.8. The summed E-state index contributed by atoms with van der Waals surface area (Å²) in [6.45, 7) is 8.49. The molecule has 1 fully saturated rings. The Labute approximate surface area is 120 Å². The van der Waals surface area contributed by atoms with Crippen molar-refractivity contribution >= 4 is 0 Å². The topological polar surface area (TPSA) is 78.1 Å². The van der Waals surface area contributed by atoms with Crippen LogP contribution in [0.1, 0.15) is 85.5 Å². The van der Waals surface area contributed by atoms with E-state index in [1.807, 2.05) is 0 Å². The molecule has 3 nitrogen and oxygen atoms in total. The van der Waals surface area contributed by atoms with Crippen molar-refractivity contribution in [1.82, 2.24) is 0 Å². The third kappa shape index (κ3) is 5.41. The molecule has 19 heavy (non-hydrogen) atoms. The van der Waals surface area contributed by atoms with Crippen LogP contribution in [0, 0.1) is 0 Å². The molecule has 0 amide bonds. The van der Waals surface area contributed by atoms with E-state index in [0.29, 0.717) is 6.04 Å². The molecule has 0 saturated heterocycles. The lowest BCUT2D eigenvalue weighted by Gasteiger charge is -2.44. The second-order valence-electron chi connectivity index (χ2n) is 6.12. The van der Waals surface area contributed by atoms with Crippen LogP contribution in [-0.4, -0.2) is 17.1 Å². The molecular formula is C16H37N3. The molecule has 0 aromatic heterocycles. The first-order valence-corrected chi connectivity index (χ1v) is 8.22. The summed E-state index contributed by atoms with van der Waals surface area (Å²) in [5, 5.41) is 0. The monoisotopic (exact) mass is 271 g/mol. The van der Waals surface area contributed by atoms with Crippen LogP contribution in [0.2, 0.25) is 0 Å². The van der Waals surface area contributed by atoms with E-state index in [1.54, 1.807) is 0 Å². The molecule has 6 N–H and O–H groups in total. The third-order valence-corrected chi connectivity index (χ3v) is 5.17. The molecule has 1 saturated carbocycles. The second kappa shape index (κ2) is 8.93. The van der Waals surface area contributed by atoms with E-state index in [4.69, 9.17) is 17.2 Å². The highest BCUT2D eigenvalue weighted by Gasteiger charge is 2.40. The van der Waals surface area contributed by atoms with Gasteiger partial charge in [0.05, 0.1) is 0 Å². The van der Waals surface area contributed by atoms with E-state index in [-0.39, 0.29) is 11.1 Å². The van der Waals surface area contributed by atoms with Gasteiger partial charge < -0.3 is 17.2 Å². The number of hydrogen-bond donors (Lipinski definition) is 3. The quantitative estimate of drug-likeness (QED) is 0.718. The summed E-state index contributed by atoms with van der Waals surface area (Å²) in [7, 11) is 0. The summed E-state index contributed by atoms with van der Waals surface area (Å²) in [4.78, 5) is 0. The normalized spacial score (nSPS) is 17.8. The standard InChI is InChI=1S/C10H24N2.C6H13N/c1-5-9(11,6-2)10(12,7-3)8-4;7-6-4-2-1-3-5-6/h5-8,11-12H2,1-4H3;6H,1-5,7H2. The lowest BCUT2D eigenvalue weighted by molar-refractivity contribution is 0.189. The van der Waals surface area contributed by atoms with Crippen molar-refractivity contribution in [3.8, 4) is 0 Å². The fraction of sp³-hybridized carbons (Fsp3) is 1.00. The molecule has 0 heterocycles. The van der Waals surface area contributed by atoms with Crippen molar-refractivity contribution in [3.05, 3.63) is 0 Å². The number of nitrogens with two attached hydrogens (primary N) is 3. The lowest BCUT2D eigenvalue weighted by Crippen LogP contribution is -2.64. The van der Waals surface area contributed by atoms with Gasteiger partial charge in [-0.2, -0.15) is 0 Å². The maximum absolute atomic E-state index is 6.27. The molecule has 0 radical (unpaired) electrons. The van der Waals surface area contributed by atoms with Gasteiger partial charge >= 0.3 is 0 Å². The van der Waals surface area contributed by atoms with Crippen molar-refractivity contribution in [2.75, 3.05) is 0 Å². The maximum atomic E-state index is 6.27. The van der Waals surface area contributed by atoms with Gasteiger partial charge in [-0.15, -0.1) is 0 Å². The Morgan fingerprint density at radius 1 is 0.737 bits per heavy atom. The van der Waals surface area contributed by atoms with Gasteiger partial charge in [-0.3, -0.25) is 0 Å². The van der Waals surface area contributed by atoms with E-state index in [1.165, 1.54) is 32.1 Å². The van der Waals surface area contributed by atoms with Gasteiger partial charge in [0.15, 0.2) is 0 Å². The zero-order valence-electron chi connectivity index (χ0n) is 13.7. The minimum Gasteiger partial charge on any atom is -0.328 e. The fourth-order valence-corrected chi connectivity index (χ4v) is 3.04. The molecule has 116 valence electrons. The molecule has 1 aliphatic rings. The van der Waals surface area contributed by atoms with Crippen LogP contribution < -0.4 is 17.2 Å². The number of rotatable bonds is 5. The second-order valence-corrected chi connectivity index (χ2v) is 6.12. The van der Waals surface area contributed by atoms with Crippen LogP contribution in [0.3, 0.4) is 0 Å². The van der Waals surface area contributed by atoms with Gasteiger partial charge in [-0.05, 0) is 38.5 Å². The molecule has 0 aliphatic heterocycles. The van der Waals surface area contributed by atoms with E-state index >= 15 is 0 Å². The van der Waals surface area contributed by atoms with Gasteiger partial charge in [0, 0.05) is 17.1 Å². The molecule has 0 aromatic carbocycles. The van der Waals surface area contributed by atoms with E-state index in [2.05, 4.69) is 27.7 Å². The predicted octanol–water partition coefficient (Wildman–Crippen LogP) is 3.30. The Morgan fingerprint density at radius 3 is 1.21 bits per heavy atom. The first-order valence-electron chi connectivity index (χ1n) is 8.22. The van der Waals surface area contributed by atoms with E-state index in [0.717, 1.165) is 25.7 Å². The van der Waals surface area contributed by atoms with Gasteiger partial charge in [-0.1, -0.05) is 47.0 Å². The van der Waals surface area contributed by atoms with Crippen LogP contribution in [0.4, 0.5) is 0 Å². The van der Waals surface area contributed by atoms with Crippen molar-refractivity contribution in [1.29, 1.82) is 0 Å². The first kappa shape index (κ1) is 18.9. The minimum absolute atomic E-state index is 0.184. The average Bonchev–Trinajstić information content (AvgIpc) is 2.46. The summed E-state index contributed by atoms with van der Waals surface area (Å²) < 4.78 is 0. The highest BCUT2D eigenvalue weighted by Crippen LogP contribution is 2.30. The Kier molecular flexibility index (Phi) is 8.88. The van der Waals surface area contributed by atoms with Gasteiger partial charge in [0.1, 0.15) is 0 Å². The molecule has 0 unspecified atom stereocenters. The molecule has 1 rings (SSSR count). The summed E-state index contributed by atoms with van der Waals surface area (Å²) >= 11 is 0. The molecule has 1 aliphatic carbocycles. The largest absolute Gasteiger partial charge is 0.328 e. The van der Waals surface area contributed by atoms with Gasteiger partial charge in [-0.25, -0.2) is 0 Å². The van der Waals surface area contributed by atoms with Crippen molar-refractivity contribution in [2.24, 2.45) is 17.2 Å². The third-order valence-electron chi connectivity index (χ3n) is 5.17. The zero-order valence-corrected chi connectivity index (χ0v) is 13.7. The Bertz CT molecular complexity index is 198. The van der Waals surface area contributed by atoms with Crippen LogP contribution in [0.25, 0.3) is 0 Å². The first-order chi connectivity index (χ1) is 8.89. The Hall–Kier alpha value is -0.120. The van der Waals surface area contributed by atoms with Crippen LogP contribution >= 0.6 is 0 Å². The Balaban J connectivity index is 0.000000388. The maximum Gasteiger partial charge on any atom is 0.0331 e. The van der Waals surface area contributed by atoms with E-state index < -0.39 is 0 Å². The zero-order chi connectivity index (χ0) is 14.9. The molecular weight excluding hydrogens is 234 g/mol. The van der Waals surface area contributed by atoms with Crippen LogP contribution in [0.15, 0.2) is 0 Å². The van der Waals surface area contributed by atoms with Crippen molar-refractivity contribution < 1.29 is 0 Å². The smallest absolute Gasteiger partial charge is 0.0331 e. The van der Waals surface area contributed by atoms with E-state index in [9.17, 15) is 0 Å². The Morgan fingerprint density at radius 2 is 1.05 bits per heavy atom. The SMILES string of the molecule is CCC(N)(CC)C(N)(CC)CC.NC1CCCCC1. The van der Waals surface area contributed by atoms with Crippen LogP contribution in [0.5, 0.6) is 0 Å². The summed E-state index contributed by atoms with van der Waals surface area (Å²) in [6.07, 6.45) is 10.5. The van der Waals surface area contributed by atoms with Crippen molar-refractivity contribution in [2.45, 2.75) is 103 Å². The molecule has 0 bridgehead atoms. The van der Waals surface area contributed by atoms with Crippen molar-refractivity contribution in [3.63, 3.8) is 0 Å². The van der Waals surface area contributed by atoms with Gasteiger partial charge in [0.25, 0.3) is 0 Å². The molecule has 3 heteroatoms. The lowest BCUT2D eigenvalue weighted by atomic mass is 9.71. The molecule has 0 spiro atoms. The summed E-state index contributed by atoms with van der Waals surface area (Å²) in [6, 6.07) is 0.536. The van der Waals surface area contributed by atoms with Crippen LogP contribution in [-0.2, 0) is 0 Å². The van der Waals surface area contributed by atoms with Gasteiger partial charge in [0.2, 0.25) is 0 Å². The highest BCUT2D eigenvalue weighted by molar-refractivity contribution is 5.04. The highest BCUT2D eigenvalue weighted by atomic mass is 14.9. The molecule has 0 aromatic rings. The number of hydrogen-bond acceptors (Lipinski definition) is 3. The minimum atomic E-state index is -0.184. The summed E-state index contributed by atoms with van der Waals surface area (Å²) in [5.74, 6) is 0. The fourth-order valence-electron chi connectivity index (χ4n) is 3.04. The molecule has 0 atom stereocenters. The predicted molar refractivity (Wildman–Crippen MR) is 86.1 cm³/mol.